The number of nitrogens with zero attached hydrogens (tertiary/aromatic N) is 1. The predicted molar refractivity (Wildman–Crippen MR) is 112 cm³/mol. The third-order valence-electron chi connectivity index (χ3n) is 4.25. The van der Waals surface area contributed by atoms with Gasteiger partial charge in [-0.1, -0.05) is 32.9 Å². The van der Waals surface area contributed by atoms with Gasteiger partial charge in [0.15, 0.2) is 11.7 Å². The lowest BCUT2D eigenvalue weighted by Gasteiger charge is -2.19. The minimum Gasteiger partial charge on any atom is -0.484 e. The molecule has 6 heteroatoms. The monoisotopic (exact) mass is 398 g/mol. The average Bonchev–Trinajstić information content (AvgIpc) is 3.00. The molecule has 1 amide bonds. The largest absolute Gasteiger partial charge is 0.484 e. The van der Waals surface area contributed by atoms with Crippen LogP contribution >= 0.6 is 11.3 Å². The van der Waals surface area contributed by atoms with Crippen LogP contribution in [0.2, 0.25) is 0 Å². The highest BCUT2D eigenvalue weighted by atomic mass is 32.1. The van der Waals surface area contributed by atoms with Crippen molar-refractivity contribution in [2.24, 2.45) is 0 Å². The lowest BCUT2D eigenvalue weighted by molar-refractivity contribution is -0.118. The van der Waals surface area contributed by atoms with Gasteiger partial charge >= 0.3 is 0 Å². The Labute approximate surface area is 168 Å². The topological polar surface area (TPSA) is 51.2 Å². The van der Waals surface area contributed by atoms with Crippen LogP contribution in [-0.2, 0) is 10.2 Å². The van der Waals surface area contributed by atoms with E-state index in [1.165, 1.54) is 29.0 Å². The second kappa shape index (κ2) is 8.10. The van der Waals surface area contributed by atoms with Crippen molar-refractivity contribution in [2.45, 2.75) is 33.1 Å². The molecule has 3 rings (SSSR count). The Kier molecular flexibility index (Phi) is 5.79. The summed E-state index contributed by atoms with van der Waals surface area (Å²) < 4.78 is 18.7. The Morgan fingerprint density at radius 3 is 2.36 bits per heavy atom. The first-order chi connectivity index (χ1) is 13.2. The van der Waals surface area contributed by atoms with E-state index in [2.05, 4.69) is 31.1 Å². The van der Waals surface area contributed by atoms with Crippen LogP contribution in [0.15, 0.2) is 48.5 Å². The molecule has 0 unspecified atom stereocenters. The number of aromatic nitrogens is 1. The molecule has 0 saturated carbocycles. The summed E-state index contributed by atoms with van der Waals surface area (Å²) in [5.74, 6) is 0.0719. The van der Waals surface area contributed by atoms with Crippen molar-refractivity contribution in [1.82, 2.24) is 4.98 Å². The number of hydrogen-bond acceptors (Lipinski definition) is 4. The van der Waals surface area contributed by atoms with Gasteiger partial charge in [-0.15, -0.1) is 11.3 Å². The van der Waals surface area contributed by atoms with Crippen LogP contribution in [0.25, 0.3) is 11.3 Å². The summed E-state index contributed by atoms with van der Waals surface area (Å²) in [4.78, 5) is 17.6. The zero-order chi connectivity index (χ0) is 20.3. The van der Waals surface area contributed by atoms with Crippen LogP contribution in [0.3, 0.4) is 0 Å². The third kappa shape index (κ3) is 4.95. The Balaban J connectivity index is 1.59. The number of carbonyl (C=O) groups is 1. The molecule has 1 N–H and O–H groups in total. The predicted octanol–water partition coefficient (Wildman–Crippen LogP) is 5.57. The fourth-order valence-electron chi connectivity index (χ4n) is 2.68. The van der Waals surface area contributed by atoms with Crippen molar-refractivity contribution in [3.63, 3.8) is 0 Å². The first-order valence-electron chi connectivity index (χ1n) is 8.99. The van der Waals surface area contributed by atoms with Crippen LogP contribution in [-0.4, -0.2) is 17.5 Å². The van der Waals surface area contributed by atoms with Gasteiger partial charge in [-0.3, -0.25) is 10.1 Å². The molecule has 0 fully saturated rings. The molecule has 0 aliphatic heterocycles. The van der Waals surface area contributed by atoms with Crippen molar-refractivity contribution in [3.05, 3.63) is 64.8 Å². The zero-order valence-corrected chi connectivity index (χ0v) is 17.2. The zero-order valence-electron chi connectivity index (χ0n) is 16.4. The molecule has 2 aromatic carbocycles. The van der Waals surface area contributed by atoms with E-state index in [0.717, 1.165) is 16.1 Å². The van der Waals surface area contributed by atoms with Gasteiger partial charge in [-0.25, -0.2) is 9.37 Å². The van der Waals surface area contributed by atoms with Gasteiger partial charge < -0.3 is 4.74 Å². The molecule has 28 heavy (non-hydrogen) atoms. The van der Waals surface area contributed by atoms with Crippen molar-refractivity contribution >= 4 is 22.4 Å². The maximum Gasteiger partial charge on any atom is 0.264 e. The van der Waals surface area contributed by atoms with Crippen LogP contribution < -0.4 is 10.1 Å². The molecular weight excluding hydrogens is 375 g/mol. The van der Waals surface area contributed by atoms with E-state index in [-0.39, 0.29) is 23.7 Å². The van der Waals surface area contributed by atoms with E-state index < -0.39 is 0 Å². The first kappa shape index (κ1) is 20.0. The lowest BCUT2D eigenvalue weighted by atomic mass is 9.87. The molecule has 0 radical (unpaired) electrons. The Hall–Kier alpha value is -2.73. The molecule has 0 saturated heterocycles. The number of anilines is 1. The highest BCUT2D eigenvalue weighted by Gasteiger charge is 2.14. The van der Waals surface area contributed by atoms with Crippen LogP contribution in [0.5, 0.6) is 5.75 Å². The number of thiazole rings is 1. The molecule has 0 bridgehead atoms. The van der Waals surface area contributed by atoms with Crippen LogP contribution in [0.1, 0.15) is 31.2 Å². The summed E-state index contributed by atoms with van der Waals surface area (Å²) in [7, 11) is 0. The SMILES string of the molecule is Cc1sc(NC(=O)COc2ccc(C(C)(C)C)cc2)nc1-c1ccc(F)cc1. The minimum absolute atomic E-state index is 0.0703. The van der Waals surface area contributed by atoms with E-state index >= 15 is 0 Å². The van der Waals surface area contributed by atoms with Gasteiger partial charge in [0.2, 0.25) is 0 Å². The van der Waals surface area contributed by atoms with Crippen LogP contribution in [0.4, 0.5) is 9.52 Å². The van der Waals surface area contributed by atoms with Gasteiger partial charge in [0.25, 0.3) is 5.91 Å². The highest BCUT2D eigenvalue weighted by molar-refractivity contribution is 7.16. The van der Waals surface area contributed by atoms with Gasteiger partial charge in [-0.05, 0) is 54.3 Å². The summed E-state index contributed by atoms with van der Waals surface area (Å²) >= 11 is 1.38. The number of ether oxygens (including phenoxy) is 1. The molecule has 1 heterocycles. The van der Waals surface area contributed by atoms with Gasteiger partial charge in [0, 0.05) is 10.4 Å². The van der Waals surface area contributed by atoms with E-state index in [0.29, 0.717) is 10.9 Å². The fourth-order valence-corrected chi connectivity index (χ4v) is 3.53. The summed E-state index contributed by atoms with van der Waals surface area (Å²) in [5.41, 5.74) is 2.82. The third-order valence-corrected chi connectivity index (χ3v) is 5.14. The van der Waals surface area contributed by atoms with Crippen molar-refractivity contribution in [1.29, 1.82) is 0 Å². The Morgan fingerprint density at radius 2 is 1.75 bits per heavy atom. The summed E-state index contributed by atoms with van der Waals surface area (Å²) in [6, 6.07) is 13.9. The number of benzene rings is 2. The molecule has 3 aromatic rings. The van der Waals surface area contributed by atoms with Crippen molar-refractivity contribution < 1.29 is 13.9 Å². The second-order valence-electron chi connectivity index (χ2n) is 7.54. The molecule has 0 atom stereocenters. The fraction of sp³-hybridized carbons (Fsp3) is 0.273. The number of carbonyl (C=O) groups excluding carboxylic acids is 1. The van der Waals surface area contributed by atoms with E-state index in [9.17, 15) is 9.18 Å². The number of nitrogens with one attached hydrogen (secondary N) is 1. The first-order valence-corrected chi connectivity index (χ1v) is 9.80. The Morgan fingerprint density at radius 1 is 1.11 bits per heavy atom. The number of aryl methyl sites for hydroxylation is 1. The summed E-state index contributed by atoms with van der Waals surface area (Å²) in [6.07, 6.45) is 0. The minimum atomic E-state index is -0.294. The summed E-state index contributed by atoms with van der Waals surface area (Å²) in [5, 5.41) is 3.25. The molecule has 4 nitrogen and oxygen atoms in total. The molecule has 146 valence electrons. The average molecular weight is 399 g/mol. The van der Waals surface area contributed by atoms with Crippen molar-refractivity contribution in [2.75, 3.05) is 11.9 Å². The highest BCUT2D eigenvalue weighted by Crippen LogP contribution is 2.30. The molecule has 0 spiro atoms. The number of halogens is 1. The van der Waals surface area contributed by atoms with Gasteiger partial charge in [-0.2, -0.15) is 0 Å². The van der Waals surface area contributed by atoms with E-state index in [1.54, 1.807) is 12.1 Å². The number of amides is 1. The number of rotatable bonds is 5. The second-order valence-corrected chi connectivity index (χ2v) is 8.75. The quantitative estimate of drug-likeness (QED) is 0.611. The van der Waals surface area contributed by atoms with Gasteiger partial charge in [0.1, 0.15) is 11.6 Å². The van der Waals surface area contributed by atoms with E-state index in [1.807, 2.05) is 31.2 Å². The Bertz CT molecular complexity index is 958. The summed E-state index contributed by atoms with van der Waals surface area (Å²) in [6.45, 7) is 8.25. The molecular formula is C22H23FN2O2S. The van der Waals surface area contributed by atoms with Crippen molar-refractivity contribution in [3.8, 4) is 17.0 Å². The van der Waals surface area contributed by atoms with Gasteiger partial charge in [0.05, 0.1) is 5.69 Å². The van der Waals surface area contributed by atoms with Crippen LogP contribution in [0, 0.1) is 12.7 Å². The maximum absolute atomic E-state index is 13.1. The van der Waals surface area contributed by atoms with E-state index in [4.69, 9.17) is 4.74 Å². The molecule has 1 aromatic heterocycles. The number of hydrogen-bond donors (Lipinski definition) is 1. The standard InChI is InChI=1S/C22H23FN2O2S/c1-14-20(15-5-9-17(23)10-6-15)25-21(28-14)24-19(26)13-27-18-11-7-16(8-12-18)22(2,3)4/h5-12H,13H2,1-4H3,(H,24,25,26). The normalized spacial score (nSPS) is 11.3. The lowest BCUT2D eigenvalue weighted by Crippen LogP contribution is -2.20. The smallest absolute Gasteiger partial charge is 0.264 e. The maximum atomic E-state index is 13.1. The molecule has 0 aliphatic carbocycles. The molecule has 0 aliphatic rings.